The number of pyridine rings is 1. The van der Waals surface area contributed by atoms with Crippen molar-refractivity contribution in [3.05, 3.63) is 23.4 Å². The highest BCUT2D eigenvalue weighted by Gasteiger charge is 2.05. The second-order valence-electron chi connectivity index (χ2n) is 3.15. The Morgan fingerprint density at radius 3 is 2.43 bits per heavy atom. The van der Waals surface area contributed by atoms with Gasteiger partial charge in [0.15, 0.2) is 5.78 Å². The summed E-state index contributed by atoms with van der Waals surface area (Å²) in [6.07, 6.45) is 0. The molecule has 0 saturated carbocycles. The number of aryl methyl sites for hydroxylation is 1. The van der Waals surface area contributed by atoms with E-state index in [0.717, 1.165) is 5.56 Å². The van der Waals surface area contributed by atoms with E-state index in [-0.39, 0.29) is 11.7 Å². The van der Waals surface area contributed by atoms with Crippen molar-refractivity contribution in [3.8, 4) is 0 Å². The minimum Gasteiger partial charge on any atom is -0.311 e. The Morgan fingerprint density at radius 2 is 1.93 bits per heavy atom. The summed E-state index contributed by atoms with van der Waals surface area (Å²) in [4.78, 5) is 25.8. The maximum Gasteiger partial charge on any atom is 0.222 e. The van der Waals surface area contributed by atoms with Gasteiger partial charge < -0.3 is 5.32 Å². The molecule has 0 radical (unpaired) electrons. The molecule has 4 heteroatoms. The number of hydrogen-bond acceptors (Lipinski definition) is 3. The molecule has 0 aliphatic carbocycles. The summed E-state index contributed by atoms with van der Waals surface area (Å²) < 4.78 is 0. The molecule has 14 heavy (non-hydrogen) atoms. The Morgan fingerprint density at radius 1 is 1.29 bits per heavy atom. The van der Waals surface area contributed by atoms with Crippen molar-refractivity contribution in [2.75, 3.05) is 5.32 Å². The monoisotopic (exact) mass is 192 g/mol. The van der Waals surface area contributed by atoms with Gasteiger partial charge >= 0.3 is 0 Å². The van der Waals surface area contributed by atoms with Gasteiger partial charge in [0, 0.05) is 13.8 Å². The number of amides is 1. The summed E-state index contributed by atoms with van der Waals surface area (Å²) in [6.45, 7) is 4.69. The van der Waals surface area contributed by atoms with Gasteiger partial charge in [-0.2, -0.15) is 0 Å². The Bertz CT molecular complexity index is 386. The van der Waals surface area contributed by atoms with E-state index in [2.05, 4.69) is 10.3 Å². The second kappa shape index (κ2) is 4.00. The van der Waals surface area contributed by atoms with Crippen LogP contribution >= 0.6 is 0 Å². The molecule has 4 nitrogen and oxygen atoms in total. The second-order valence-corrected chi connectivity index (χ2v) is 3.15. The smallest absolute Gasteiger partial charge is 0.222 e. The summed E-state index contributed by atoms with van der Waals surface area (Å²) in [5.41, 5.74) is 1.27. The Balaban J connectivity index is 3.07. The Kier molecular flexibility index (Phi) is 2.96. The Hall–Kier alpha value is -1.71. The lowest BCUT2D eigenvalue weighted by Gasteiger charge is -2.04. The van der Waals surface area contributed by atoms with E-state index in [1.54, 1.807) is 12.1 Å². The lowest BCUT2D eigenvalue weighted by Crippen LogP contribution is -2.09. The van der Waals surface area contributed by atoms with Crippen LogP contribution in [-0.4, -0.2) is 16.7 Å². The van der Waals surface area contributed by atoms with Crippen LogP contribution in [0.2, 0.25) is 0 Å². The van der Waals surface area contributed by atoms with Gasteiger partial charge in [0.25, 0.3) is 0 Å². The summed E-state index contributed by atoms with van der Waals surface area (Å²) in [5, 5.41) is 2.54. The van der Waals surface area contributed by atoms with Crippen LogP contribution in [0.25, 0.3) is 0 Å². The molecular weight excluding hydrogens is 180 g/mol. The number of rotatable bonds is 2. The molecule has 1 N–H and O–H groups in total. The van der Waals surface area contributed by atoms with Gasteiger partial charge in [-0.05, 0) is 24.6 Å². The van der Waals surface area contributed by atoms with Crippen molar-refractivity contribution in [1.82, 2.24) is 4.98 Å². The molecule has 0 fully saturated rings. The normalized spacial score (nSPS) is 9.64. The highest BCUT2D eigenvalue weighted by Crippen LogP contribution is 2.09. The molecule has 0 aliphatic rings. The third kappa shape index (κ3) is 2.65. The van der Waals surface area contributed by atoms with E-state index < -0.39 is 0 Å². The number of carbonyl (C=O) groups excluding carboxylic acids is 2. The predicted molar refractivity (Wildman–Crippen MR) is 53.3 cm³/mol. The first-order chi connectivity index (χ1) is 6.49. The van der Waals surface area contributed by atoms with Crippen molar-refractivity contribution in [2.24, 2.45) is 0 Å². The fraction of sp³-hybridized carbons (Fsp3) is 0.300. The molecule has 1 aromatic rings. The standard InChI is InChI=1S/C10H12N2O2/c1-6-4-9(7(2)13)12-10(5-6)11-8(3)14/h4-5H,1-3H3,(H,11,12,14). The van der Waals surface area contributed by atoms with Crippen molar-refractivity contribution in [2.45, 2.75) is 20.8 Å². The molecule has 0 saturated heterocycles. The topological polar surface area (TPSA) is 59.1 Å². The molecule has 1 heterocycles. The van der Waals surface area contributed by atoms with Gasteiger partial charge in [-0.3, -0.25) is 9.59 Å². The number of hydrogen-bond donors (Lipinski definition) is 1. The molecule has 0 aromatic carbocycles. The van der Waals surface area contributed by atoms with Crippen molar-refractivity contribution in [3.63, 3.8) is 0 Å². The molecule has 0 atom stereocenters. The van der Waals surface area contributed by atoms with Gasteiger partial charge in [-0.15, -0.1) is 0 Å². The van der Waals surface area contributed by atoms with Crippen molar-refractivity contribution >= 4 is 17.5 Å². The molecule has 1 rings (SSSR count). The lowest BCUT2D eigenvalue weighted by molar-refractivity contribution is -0.114. The number of ketones is 1. The molecule has 0 bridgehead atoms. The summed E-state index contributed by atoms with van der Waals surface area (Å²) in [5.74, 6) is 0.112. The zero-order chi connectivity index (χ0) is 10.7. The maximum absolute atomic E-state index is 11.1. The average molecular weight is 192 g/mol. The lowest BCUT2D eigenvalue weighted by atomic mass is 10.2. The fourth-order valence-electron chi connectivity index (χ4n) is 1.09. The van der Waals surface area contributed by atoms with E-state index in [1.807, 2.05) is 6.92 Å². The van der Waals surface area contributed by atoms with E-state index in [9.17, 15) is 9.59 Å². The van der Waals surface area contributed by atoms with E-state index >= 15 is 0 Å². The van der Waals surface area contributed by atoms with Crippen LogP contribution in [-0.2, 0) is 4.79 Å². The molecule has 1 amide bonds. The fourth-order valence-corrected chi connectivity index (χ4v) is 1.09. The highest BCUT2D eigenvalue weighted by atomic mass is 16.1. The van der Waals surface area contributed by atoms with Crippen LogP contribution in [0.15, 0.2) is 12.1 Å². The minimum absolute atomic E-state index is 0.111. The number of aromatic nitrogens is 1. The SMILES string of the molecule is CC(=O)Nc1cc(C)cc(C(C)=O)n1. The van der Waals surface area contributed by atoms with Crippen LogP contribution in [0, 0.1) is 6.92 Å². The van der Waals surface area contributed by atoms with Gasteiger partial charge in [0.2, 0.25) is 5.91 Å². The largest absolute Gasteiger partial charge is 0.311 e. The van der Waals surface area contributed by atoms with E-state index in [0.29, 0.717) is 11.5 Å². The van der Waals surface area contributed by atoms with Crippen molar-refractivity contribution < 1.29 is 9.59 Å². The van der Waals surface area contributed by atoms with Crippen LogP contribution < -0.4 is 5.32 Å². The first-order valence-corrected chi connectivity index (χ1v) is 4.26. The number of nitrogens with zero attached hydrogens (tertiary/aromatic N) is 1. The van der Waals surface area contributed by atoms with Crippen LogP contribution in [0.1, 0.15) is 29.9 Å². The van der Waals surface area contributed by atoms with Crippen LogP contribution in [0.4, 0.5) is 5.82 Å². The Labute approximate surface area is 82.3 Å². The summed E-state index contributed by atoms with van der Waals surface area (Å²) in [6, 6.07) is 3.40. The first-order valence-electron chi connectivity index (χ1n) is 4.26. The number of anilines is 1. The number of carbonyl (C=O) groups is 2. The molecule has 74 valence electrons. The third-order valence-electron chi connectivity index (χ3n) is 1.63. The molecular formula is C10H12N2O2. The molecule has 0 aliphatic heterocycles. The molecule has 1 aromatic heterocycles. The quantitative estimate of drug-likeness (QED) is 0.723. The van der Waals surface area contributed by atoms with Crippen LogP contribution in [0.3, 0.4) is 0 Å². The third-order valence-corrected chi connectivity index (χ3v) is 1.63. The summed E-state index contributed by atoms with van der Waals surface area (Å²) >= 11 is 0. The van der Waals surface area contributed by atoms with Crippen molar-refractivity contribution in [1.29, 1.82) is 0 Å². The first kappa shape index (κ1) is 10.4. The average Bonchev–Trinajstić information content (AvgIpc) is 2.01. The van der Waals surface area contributed by atoms with E-state index in [4.69, 9.17) is 0 Å². The molecule has 0 unspecified atom stereocenters. The van der Waals surface area contributed by atoms with Gasteiger partial charge in [0.05, 0.1) is 0 Å². The zero-order valence-electron chi connectivity index (χ0n) is 8.42. The van der Waals surface area contributed by atoms with Crippen LogP contribution in [0.5, 0.6) is 0 Å². The summed E-state index contributed by atoms with van der Waals surface area (Å²) in [7, 11) is 0. The minimum atomic E-state index is -0.197. The predicted octanol–water partition coefficient (Wildman–Crippen LogP) is 1.55. The number of nitrogens with one attached hydrogen (secondary N) is 1. The van der Waals surface area contributed by atoms with Gasteiger partial charge in [-0.25, -0.2) is 4.98 Å². The number of Topliss-reactive ketones (excluding diaryl/α,β-unsaturated/α-hetero) is 1. The highest BCUT2D eigenvalue weighted by molar-refractivity contribution is 5.93. The van der Waals surface area contributed by atoms with Gasteiger partial charge in [0.1, 0.15) is 11.5 Å². The van der Waals surface area contributed by atoms with E-state index in [1.165, 1.54) is 13.8 Å². The van der Waals surface area contributed by atoms with Gasteiger partial charge in [-0.1, -0.05) is 0 Å². The zero-order valence-corrected chi connectivity index (χ0v) is 8.42. The molecule has 0 spiro atoms. The maximum atomic E-state index is 11.1.